The predicted octanol–water partition coefficient (Wildman–Crippen LogP) is 1.54. The topological polar surface area (TPSA) is 98.0 Å². The maximum absolute atomic E-state index is 11.2. The maximum atomic E-state index is 11.2. The summed E-state index contributed by atoms with van der Waals surface area (Å²) in [5.74, 6) is -1.21. The van der Waals surface area contributed by atoms with Crippen molar-refractivity contribution >= 4 is 5.97 Å². The van der Waals surface area contributed by atoms with Gasteiger partial charge >= 0.3 is 5.97 Å². The molecule has 3 atom stereocenters. The fraction of sp³-hybridized carbons (Fsp3) is 0.462. The van der Waals surface area contributed by atoms with Crippen molar-refractivity contribution in [2.24, 2.45) is 0 Å². The van der Waals surface area contributed by atoms with E-state index in [9.17, 15) is 25.2 Å². The molecule has 0 heterocycles. The number of hydrogen-bond acceptors (Lipinski definition) is 4. The highest BCUT2D eigenvalue weighted by atomic mass is 16.4. The van der Waals surface area contributed by atoms with E-state index in [1.165, 1.54) is 32.9 Å². The van der Waals surface area contributed by atoms with E-state index >= 15 is 0 Å². The first-order valence-electron chi connectivity index (χ1n) is 5.71. The van der Waals surface area contributed by atoms with Gasteiger partial charge in [-0.25, -0.2) is 4.79 Å². The lowest BCUT2D eigenvalue weighted by Gasteiger charge is -2.19. The molecule has 0 spiro atoms. The van der Waals surface area contributed by atoms with Crippen LogP contribution in [0.2, 0.25) is 0 Å². The van der Waals surface area contributed by atoms with E-state index in [0.29, 0.717) is 5.56 Å². The fourth-order valence-electron chi connectivity index (χ4n) is 1.86. The van der Waals surface area contributed by atoms with E-state index < -0.39 is 24.3 Å². The van der Waals surface area contributed by atoms with Gasteiger partial charge in [0.25, 0.3) is 0 Å². The van der Waals surface area contributed by atoms with Crippen LogP contribution >= 0.6 is 0 Å². The van der Waals surface area contributed by atoms with Crippen LogP contribution in [0.25, 0.3) is 0 Å². The van der Waals surface area contributed by atoms with Gasteiger partial charge in [-0.15, -0.1) is 0 Å². The van der Waals surface area contributed by atoms with Crippen molar-refractivity contribution in [2.45, 2.75) is 39.1 Å². The second-order valence-electron chi connectivity index (χ2n) is 4.41. The molecule has 0 saturated carbocycles. The Labute approximate surface area is 105 Å². The summed E-state index contributed by atoms with van der Waals surface area (Å²) in [4.78, 5) is 11.2. The SMILES string of the molecule is CC(O)c1cc(C(C)O)c(C(=O)O)c(C(C)O)c1. The van der Waals surface area contributed by atoms with E-state index in [-0.39, 0.29) is 16.7 Å². The molecule has 0 radical (unpaired) electrons. The number of rotatable bonds is 4. The fourth-order valence-corrected chi connectivity index (χ4v) is 1.86. The molecule has 0 saturated heterocycles. The van der Waals surface area contributed by atoms with Gasteiger partial charge in [-0.1, -0.05) is 0 Å². The molecular formula is C13H18O5. The molecule has 0 aliphatic rings. The summed E-state index contributed by atoms with van der Waals surface area (Å²) >= 11 is 0. The first kappa shape index (κ1) is 14.6. The summed E-state index contributed by atoms with van der Waals surface area (Å²) in [6.07, 6.45) is -2.79. The monoisotopic (exact) mass is 254 g/mol. The standard InChI is InChI=1S/C13H18O5/c1-6(14)9-4-10(7(2)15)12(13(17)18)11(5-9)8(3)16/h4-8,14-16H,1-3H3,(H,17,18). The Kier molecular flexibility index (Phi) is 4.45. The highest BCUT2D eigenvalue weighted by Gasteiger charge is 2.23. The third-order valence-corrected chi connectivity index (χ3v) is 2.82. The van der Waals surface area contributed by atoms with E-state index in [1.54, 1.807) is 0 Å². The van der Waals surface area contributed by atoms with Gasteiger partial charge in [-0.05, 0) is 49.6 Å². The number of aromatic carboxylic acids is 1. The summed E-state index contributed by atoms with van der Waals surface area (Å²) in [7, 11) is 0. The van der Waals surface area contributed by atoms with Gasteiger partial charge in [0.15, 0.2) is 0 Å². The number of carboxylic acids is 1. The van der Waals surface area contributed by atoms with Crippen LogP contribution in [0.3, 0.4) is 0 Å². The Morgan fingerprint density at radius 2 is 1.33 bits per heavy atom. The summed E-state index contributed by atoms with van der Waals surface area (Å²) < 4.78 is 0. The number of benzene rings is 1. The van der Waals surface area contributed by atoms with Gasteiger partial charge in [0.1, 0.15) is 0 Å². The molecule has 100 valence electrons. The van der Waals surface area contributed by atoms with Gasteiger partial charge in [0.2, 0.25) is 0 Å². The zero-order valence-corrected chi connectivity index (χ0v) is 10.6. The Hall–Kier alpha value is -1.43. The number of hydrogen-bond donors (Lipinski definition) is 4. The zero-order chi connectivity index (χ0) is 14.0. The van der Waals surface area contributed by atoms with Gasteiger partial charge in [-0.2, -0.15) is 0 Å². The van der Waals surface area contributed by atoms with Gasteiger partial charge in [-0.3, -0.25) is 0 Å². The van der Waals surface area contributed by atoms with E-state index in [0.717, 1.165) is 0 Å². The van der Waals surface area contributed by atoms with E-state index in [4.69, 9.17) is 0 Å². The first-order chi connectivity index (χ1) is 8.25. The molecule has 0 aromatic heterocycles. The summed E-state index contributed by atoms with van der Waals surface area (Å²) in [5.41, 5.74) is 0.741. The minimum absolute atomic E-state index is 0.107. The molecular weight excluding hydrogens is 236 g/mol. The molecule has 0 aliphatic heterocycles. The van der Waals surface area contributed by atoms with Crippen LogP contribution in [0.1, 0.15) is 66.1 Å². The Bertz CT molecular complexity index is 420. The molecule has 4 N–H and O–H groups in total. The molecule has 1 rings (SSSR count). The number of aliphatic hydroxyl groups is 3. The number of carboxylic acid groups (broad SMARTS) is 1. The Morgan fingerprint density at radius 3 is 1.56 bits per heavy atom. The van der Waals surface area contributed by atoms with Gasteiger partial charge in [0, 0.05) is 0 Å². The van der Waals surface area contributed by atoms with Crippen LogP contribution in [0, 0.1) is 0 Å². The molecule has 18 heavy (non-hydrogen) atoms. The molecule has 1 aromatic rings. The predicted molar refractivity (Wildman–Crippen MR) is 65.3 cm³/mol. The van der Waals surface area contributed by atoms with Crippen molar-refractivity contribution < 1.29 is 25.2 Å². The summed E-state index contributed by atoms with van der Waals surface area (Å²) in [6, 6.07) is 2.90. The quantitative estimate of drug-likeness (QED) is 0.653. The van der Waals surface area contributed by atoms with Crippen molar-refractivity contribution in [3.63, 3.8) is 0 Å². The van der Waals surface area contributed by atoms with Crippen molar-refractivity contribution in [2.75, 3.05) is 0 Å². The van der Waals surface area contributed by atoms with Crippen LogP contribution in [-0.2, 0) is 0 Å². The molecule has 3 unspecified atom stereocenters. The average molecular weight is 254 g/mol. The molecule has 0 fully saturated rings. The Morgan fingerprint density at radius 1 is 0.944 bits per heavy atom. The first-order valence-corrected chi connectivity index (χ1v) is 5.71. The third-order valence-electron chi connectivity index (χ3n) is 2.82. The van der Waals surface area contributed by atoms with Gasteiger partial charge in [0.05, 0.1) is 23.9 Å². The number of aliphatic hydroxyl groups excluding tert-OH is 3. The second kappa shape index (κ2) is 5.48. The minimum atomic E-state index is -1.21. The van der Waals surface area contributed by atoms with E-state index in [2.05, 4.69) is 0 Å². The largest absolute Gasteiger partial charge is 0.478 e. The normalized spacial score (nSPS) is 16.1. The van der Waals surface area contributed by atoms with Crippen molar-refractivity contribution in [1.82, 2.24) is 0 Å². The van der Waals surface area contributed by atoms with Crippen LogP contribution in [-0.4, -0.2) is 26.4 Å². The lowest BCUT2D eigenvalue weighted by atomic mass is 9.91. The third kappa shape index (κ3) is 2.87. The molecule has 0 bridgehead atoms. The molecule has 0 amide bonds. The maximum Gasteiger partial charge on any atom is 0.336 e. The molecule has 0 aliphatic carbocycles. The van der Waals surface area contributed by atoms with Crippen molar-refractivity contribution in [3.8, 4) is 0 Å². The highest BCUT2D eigenvalue weighted by Crippen LogP contribution is 2.30. The minimum Gasteiger partial charge on any atom is -0.478 e. The van der Waals surface area contributed by atoms with Crippen LogP contribution in [0.5, 0.6) is 0 Å². The van der Waals surface area contributed by atoms with Crippen LogP contribution in [0.4, 0.5) is 0 Å². The second-order valence-corrected chi connectivity index (χ2v) is 4.41. The summed E-state index contributed by atoms with van der Waals surface area (Å²) in [6.45, 7) is 4.42. The Balaban J connectivity index is 3.60. The molecule has 5 nitrogen and oxygen atoms in total. The smallest absolute Gasteiger partial charge is 0.336 e. The molecule has 5 heteroatoms. The lowest BCUT2D eigenvalue weighted by molar-refractivity contribution is 0.0682. The van der Waals surface area contributed by atoms with Gasteiger partial charge < -0.3 is 20.4 Å². The zero-order valence-electron chi connectivity index (χ0n) is 10.6. The van der Waals surface area contributed by atoms with Crippen molar-refractivity contribution in [3.05, 3.63) is 34.4 Å². The summed E-state index contributed by atoms with van der Waals surface area (Å²) in [5, 5.41) is 38.0. The van der Waals surface area contributed by atoms with Crippen LogP contribution in [0.15, 0.2) is 12.1 Å². The van der Waals surface area contributed by atoms with Crippen LogP contribution < -0.4 is 0 Å². The lowest BCUT2D eigenvalue weighted by Crippen LogP contribution is -2.13. The molecule has 1 aromatic carbocycles. The highest BCUT2D eigenvalue weighted by molar-refractivity contribution is 5.91. The number of carbonyl (C=O) groups is 1. The van der Waals surface area contributed by atoms with E-state index in [1.807, 2.05) is 0 Å². The average Bonchev–Trinajstić information content (AvgIpc) is 2.26. The van der Waals surface area contributed by atoms with Crippen molar-refractivity contribution in [1.29, 1.82) is 0 Å².